The number of para-hydroxylation sites is 1. The second-order valence-corrected chi connectivity index (χ2v) is 31.7. The topological polar surface area (TPSA) is 359 Å². The maximum atomic E-state index is 15.7. The van der Waals surface area contributed by atoms with Crippen LogP contribution in [0.25, 0.3) is 10.9 Å². The van der Waals surface area contributed by atoms with Gasteiger partial charge in [-0.1, -0.05) is 74.5 Å². The van der Waals surface area contributed by atoms with Gasteiger partial charge in [-0.15, -0.1) is 0 Å². The molecule has 0 saturated carbocycles. The number of nitrogens with zero attached hydrogens (tertiary/aromatic N) is 6. The second kappa shape index (κ2) is 35.1. The quantitative estimate of drug-likeness (QED) is 0.0200. The van der Waals surface area contributed by atoms with Gasteiger partial charge in [-0.05, 0) is 158 Å². The van der Waals surface area contributed by atoms with Gasteiger partial charge in [0.15, 0.2) is 0 Å². The minimum atomic E-state index is -1.74. The Hall–Kier alpha value is -10.4. The van der Waals surface area contributed by atoms with Crippen molar-refractivity contribution in [3.8, 4) is 5.75 Å². The molecule has 1 saturated heterocycles. The number of methoxy groups -OCH3 is 1. The number of likely N-dealkylation sites (tertiary alicyclic amines) is 1. The number of rotatable bonds is 28. The number of fused-ring (bicyclic) bond motifs is 1. The molecule has 0 bridgehead atoms. The molecule has 4 heterocycles. The zero-order valence-corrected chi connectivity index (χ0v) is 64.0. The van der Waals surface area contributed by atoms with Gasteiger partial charge in [0.05, 0.1) is 42.5 Å². The van der Waals surface area contributed by atoms with Crippen molar-refractivity contribution in [2.24, 2.45) is 5.92 Å². The Morgan fingerprint density at radius 1 is 0.509 bits per heavy atom. The average Bonchev–Trinajstić information content (AvgIpc) is 1.64. The number of amides is 8. The molecule has 1 aliphatic heterocycles. The first-order valence-electron chi connectivity index (χ1n) is 35.4. The van der Waals surface area contributed by atoms with Crippen LogP contribution in [0.15, 0.2) is 110 Å². The summed E-state index contributed by atoms with van der Waals surface area (Å²) in [4.78, 5) is 169. The fourth-order valence-corrected chi connectivity index (χ4v) is 11.4. The molecule has 3 aromatic heterocycles. The molecule has 0 aliphatic carbocycles. The first kappa shape index (κ1) is 82.8. The molecule has 1 fully saturated rings. The summed E-state index contributed by atoms with van der Waals surface area (Å²) in [6.07, 6.45) is 2.94. The Morgan fingerprint density at radius 3 is 1.58 bits per heavy atom. The van der Waals surface area contributed by atoms with Gasteiger partial charge in [0.1, 0.15) is 76.8 Å². The van der Waals surface area contributed by atoms with E-state index in [4.69, 9.17) is 28.4 Å². The molecule has 29 heteroatoms. The number of ether oxygens (including phenoxy) is 6. The monoisotopic (exact) mass is 1470 g/mol. The van der Waals surface area contributed by atoms with E-state index in [1.54, 1.807) is 144 Å². The lowest BCUT2D eigenvalue weighted by Crippen LogP contribution is -2.61. The zero-order chi connectivity index (χ0) is 78.4. The lowest BCUT2D eigenvalue weighted by atomic mass is 10.0. The van der Waals surface area contributed by atoms with Crippen molar-refractivity contribution >= 4 is 76.5 Å². The maximum Gasteiger partial charge on any atom is 0.419 e. The van der Waals surface area contributed by atoms with E-state index in [0.717, 1.165) is 16.5 Å². The molecule has 6 aromatic rings. The molecule has 0 spiro atoms. The molecule has 8 amide bonds. The van der Waals surface area contributed by atoms with Crippen molar-refractivity contribution in [2.75, 3.05) is 13.7 Å². The van der Waals surface area contributed by atoms with E-state index in [-0.39, 0.29) is 43.7 Å². The lowest BCUT2D eigenvalue weighted by Gasteiger charge is -2.30. The van der Waals surface area contributed by atoms with E-state index in [0.29, 0.717) is 44.9 Å². The third kappa shape index (κ3) is 25.4. The van der Waals surface area contributed by atoms with E-state index in [9.17, 15) is 33.6 Å². The first-order valence-corrected chi connectivity index (χ1v) is 35.4. The van der Waals surface area contributed by atoms with E-state index in [2.05, 4.69) is 41.9 Å². The van der Waals surface area contributed by atoms with E-state index in [1.165, 1.54) is 24.1 Å². The van der Waals surface area contributed by atoms with E-state index in [1.807, 2.05) is 69.5 Å². The van der Waals surface area contributed by atoms with Crippen molar-refractivity contribution < 1.29 is 81.2 Å². The minimum Gasteiger partial charge on any atom is -0.488 e. The van der Waals surface area contributed by atoms with Crippen molar-refractivity contribution in [2.45, 2.75) is 239 Å². The van der Waals surface area contributed by atoms with Crippen molar-refractivity contribution in [1.29, 1.82) is 0 Å². The molecule has 574 valence electrons. The summed E-state index contributed by atoms with van der Waals surface area (Å²) < 4.78 is 38.4. The SMILES string of the molecule is COC(=O)[C@H](CC(C)C)NC(=O)[C@@H](Cc1cn(Cc2ccccc2)cn1)NC(=O)[C@H](Cc1ccc(OC(C)(C)C)cc1)NC(=O)[C@H](COC(C)(C)C)NC(=O)[C@H](Cc1cn(C(=O)OC(C)(C)C)c2ccccc12)NC(=O)[C@H](Cc1cn(C(=O)OC(C)(C)C)cn1)NC(=O)[C@@H]1CCC(=O)N1C(=O)OC(C)(C)C. The number of imidazole rings is 2. The van der Waals surface area contributed by atoms with E-state index >= 15 is 19.2 Å². The zero-order valence-electron chi connectivity index (χ0n) is 64.0. The molecule has 0 unspecified atom stereocenters. The highest BCUT2D eigenvalue weighted by Gasteiger charge is 2.44. The van der Waals surface area contributed by atoms with Gasteiger partial charge < -0.3 is 64.9 Å². The molecule has 3 aromatic carbocycles. The minimum absolute atomic E-state index is 0.0566. The fraction of sp³-hybridized carbons (Fsp3) is 0.519. The van der Waals surface area contributed by atoms with Crippen molar-refractivity contribution in [3.63, 3.8) is 0 Å². The van der Waals surface area contributed by atoms with Crippen molar-refractivity contribution in [3.05, 3.63) is 138 Å². The number of nitrogens with one attached hydrogen (secondary N) is 6. The summed E-state index contributed by atoms with van der Waals surface area (Å²) in [5.74, 6) is -6.68. The van der Waals surface area contributed by atoms with Crippen LogP contribution in [0.2, 0.25) is 0 Å². The predicted molar refractivity (Wildman–Crippen MR) is 392 cm³/mol. The van der Waals surface area contributed by atoms with Crippen LogP contribution in [0.5, 0.6) is 5.75 Å². The number of imide groups is 1. The number of carbonyl (C=O) groups is 11. The number of esters is 1. The molecule has 1 aliphatic rings. The number of carbonyl (C=O) groups excluding carboxylic acids is 11. The number of hydrogen-bond donors (Lipinski definition) is 6. The molecule has 106 heavy (non-hydrogen) atoms. The molecule has 29 nitrogen and oxygen atoms in total. The van der Waals surface area contributed by atoms with E-state index < -0.39 is 155 Å². The molecule has 6 N–H and O–H groups in total. The number of hydrogen-bond acceptors (Lipinski definition) is 19. The highest BCUT2D eigenvalue weighted by atomic mass is 16.6. The summed E-state index contributed by atoms with van der Waals surface area (Å²) in [5.41, 5.74) is -1.94. The van der Waals surface area contributed by atoms with Gasteiger partial charge in [0.2, 0.25) is 41.4 Å². The van der Waals surface area contributed by atoms with Crippen molar-refractivity contribution in [1.82, 2.24) is 60.5 Å². The Balaban J connectivity index is 1.31. The molecular formula is C77H104N12O17. The van der Waals surface area contributed by atoms with Gasteiger partial charge in [0.25, 0.3) is 0 Å². The number of benzene rings is 3. The van der Waals surface area contributed by atoms with Crippen LogP contribution >= 0.6 is 0 Å². The molecule has 7 atom stereocenters. The summed E-state index contributed by atoms with van der Waals surface area (Å²) in [6, 6.07) is 12.4. The summed E-state index contributed by atoms with van der Waals surface area (Å²) in [7, 11) is 1.20. The summed E-state index contributed by atoms with van der Waals surface area (Å²) >= 11 is 0. The Bertz CT molecular complexity index is 4110. The highest BCUT2D eigenvalue weighted by Crippen LogP contribution is 2.27. The highest BCUT2D eigenvalue weighted by molar-refractivity contribution is 6.03. The Kier molecular flexibility index (Phi) is 27.4. The summed E-state index contributed by atoms with van der Waals surface area (Å²) in [6.45, 7) is 29.2. The van der Waals surface area contributed by atoms with Crippen LogP contribution in [-0.2, 0) is 94.3 Å². The third-order valence-electron chi connectivity index (χ3n) is 16.0. The van der Waals surface area contributed by atoms with Crippen LogP contribution in [0.1, 0.15) is 165 Å². The van der Waals surface area contributed by atoms with Gasteiger partial charge in [0, 0.05) is 62.6 Å². The van der Waals surface area contributed by atoms with Crippen LogP contribution in [0, 0.1) is 5.92 Å². The largest absolute Gasteiger partial charge is 0.488 e. The van der Waals surface area contributed by atoms with Crippen LogP contribution in [-0.4, -0.2) is 178 Å². The molecular weight excluding hydrogens is 1360 g/mol. The lowest BCUT2D eigenvalue weighted by molar-refractivity contribution is -0.146. The third-order valence-corrected chi connectivity index (χ3v) is 16.0. The van der Waals surface area contributed by atoms with Crippen LogP contribution < -0.4 is 36.6 Å². The second-order valence-electron chi connectivity index (χ2n) is 31.7. The molecule has 0 radical (unpaired) electrons. The standard InChI is InChI=1S/C77H104N12O17/c1-46(2)34-58(69(97)101-18)84-66(94)56(37-50-41-86(44-78-50)39-48-24-20-19-21-25-48)82-63(91)54(35-47-28-30-52(31-29-47)103-74(6,7)8)80-67(95)59(43-102-73(3,4)5)85-64(92)55(36-49-40-88(71(99)105-76(12,13)14)60-27-23-22-26-53(49)60)81-65(93)57(38-51-42-87(45-79-51)70(98)104-75(9,10)11)83-68(96)61-32-33-62(90)89(61)72(100)106-77(15,16)17/h19-31,40-42,44-46,54-59,61H,32-39,43H2,1-18H3,(H,80,95)(H,81,93)(H,82,91)(H,83,96)(H,84,94)(H,85,92)/t54-,55-,56+,57-,58-,59-,61-/m0/s1. The molecule has 7 rings (SSSR count). The predicted octanol–water partition coefficient (Wildman–Crippen LogP) is 7.97. The smallest absolute Gasteiger partial charge is 0.419 e. The van der Waals surface area contributed by atoms with Gasteiger partial charge in [-0.3, -0.25) is 38.1 Å². The van der Waals surface area contributed by atoms with Crippen LogP contribution in [0.4, 0.5) is 14.4 Å². The maximum absolute atomic E-state index is 15.7. The normalized spacial score (nSPS) is 15.3. The fourth-order valence-electron chi connectivity index (χ4n) is 11.4. The van der Waals surface area contributed by atoms with Gasteiger partial charge in [-0.25, -0.2) is 38.6 Å². The van der Waals surface area contributed by atoms with Gasteiger partial charge >= 0.3 is 24.2 Å². The Labute approximate surface area is 618 Å². The first-order chi connectivity index (χ1) is 49.4. The Morgan fingerprint density at radius 2 is 1.01 bits per heavy atom. The summed E-state index contributed by atoms with van der Waals surface area (Å²) in [5, 5.41) is 17.1. The number of aromatic nitrogens is 5. The van der Waals surface area contributed by atoms with Gasteiger partial charge in [-0.2, -0.15) is 0 Å². The average molecular weight is 1470 g/mol. The van der Waals surface area contributed by atoms with Crippen LogP contribution in [0.3, 0.4) is 0 Å².